The molecule has 0 amide bonds. The molecule has 1 aromatic carbocycles. The molecule has 2 heteroatoms. The topological polar surface area (TPSA) is 32.8 Å². The van der Waals surface area contributed by atoms with E-state index in [9.17, 15) is 5.11 Å². The summed E-state index contributed by atoms with van der Waals surface area (Å²) >= 11 is 0. The van der Waals surface area contributed by atoms with E-state index in [0.717, 1.165) is 31.2 Å². The highest BCUT2D eigenvalue weighted by Gasteiger charge is 2.66. The highest BCUT2D eigenvalue weighted by molar-refractivity contribution is 5.33. The van der Waals surface area contributed by atoms with E-state index in [1.165, 1.54) is 19.3 Å². The zero-order valence-corrected chi connectivity index (χ0v) is 11.8. The molecular weight excluding hydrogens is 236 g/mol. The summed E-state index contributed by atoms with van der Waals surface area (Å²) in [5, 5.41) is 11.3. The fraction of sp³-hybridized carbons (Fsp3) is 0.647. The van der Waals surface area contributed by atoms with Crippen LogP contribution in [0.2, 0.25) is 0 Å². The molecule has 0 radical (unpaired) electrons. The van der Waals surface area contributed by atoms with Crippen molar-refractivity contribution in [2.24, 2.45) is 0 Å². The Hall–Kier alpha value is -0.860. The van der Waals surface area contributed by atoms with Gasteiger partial charge < -0.3 is 9.84 Å². The molecule has 0 spiro atoms. The van der Waals surface area contributed by atoms with Gasteiger partial charge in [0, 0.05) is 0 Å². The van der Waals surface area contributed by atoms with Crippen molar-refractivity contribution in [3.05, 3.63) is 35.9 Å². The zero-order chi connectivity index (χ0) is 13.3. The summed E-state index contributed by atoms with van der Waals surface area (Å²) in [5.74, 6) is 0. The van der Waals surface area contributed by atoms with Crippen LogP contribution in [0, 0.1) is 0 Å². The number of ether oxygens (including phenoxy) is 1. The van der Waals surface area contributed by atoms with Gasteiger partial charge in [0.2, 0.25) is 0 Å². The van der Waals surface area contributed by atoms with Gasteiger partial charge in [0.15, 0.2) is 0 Å². The van der Waals surface area contributed by atoms with Gasteiger partial charge in [-0.2, -0.15) is 0 Å². The van der Waals surface area contributed by atoms with Crippen LogP contribution in [-0.2, 0) is 10.3 Å². The Balaban J connectivity index is 1.92. The Labute approximate surface area is 115 Å². The van der Waals surface area contributed by atoms with Crippen LogP contribution in [0.15, 0.2) is 30.3 Å². The van der Waals surface area contributed by atoms with Crippen LogP contribution in [0.5, 0.6) is 0 Å². The highest BCUT2D eigenvalue weighted by atomic mass is 16.6. The molecule has 1 saturated carbocycles. The van der Waals surface area contributed by atoms with E-state index in [1.54, 1.807) is 0 Å². The lowest BCUT2D eigenvalue weighted by atomic mass is 9.72. The normalized spacial score (nSPS) is 34.3. The number of benzene rings is 1. The van der Waals surface area contributed by atoms with Gasteiger partial charge >= 0.3 is 0 Å². The Kier molecular flexibility index (Phi) is 3.40. The summed E-state index contributed by atoms with van der Waals surface area (Å²) < 4.78 is 5.98. The van der Waals surface area contributed by atoms with Crippen molar-refractivity contribution in [1.82, 2.24) is 0 Å². The van der Waals surface area contributed by atoms with Crippen LogP contribution in [-0.4, -0.2) is 16.8 Å². The lowest BCUT2D eigenvalue weighted by molar-refractivity contribution is -0.0607. The Morgan fingerprint density at radius 3 is 2.05 bits per heavy atom. The zero-order valence-electron chi connectivity index (χ0n) is 11.8. The molecule has 1 heterocycles. The molecule has 0 bridgehead atoms. The lowest BCUT2D eigenvalue weighted by Gasteiger charge is -2.36. The van der Waals surface area contributed by atoms with Crippen molar-refractivity contribution >= 4 is 0 Å². The third-order valence-corrected chi connectivity index (χ3v) is 4.95. The minimum Gasteiger partial charge on any atom is -0.386 e. The molecule has 1 N–H and O–H groups in total. The van der Waals surface area contributed by atoms with Crippen LogP contribution in [0.3, 0.4) is 0 Å². The molecule has 0 unspecified atom stereocenters. The SMILES string of the molecule is C[C@@H]1O[C@]1(c1ccccc1)C1(O)CCCCCCC1. The maximum absolute atomic E-state index is 11.3. The number of hydrogen-bond acceptors (Lipinski definition) is 2. The molecule has 2 nitrogen and oxygen atoms in total. The third kappa shape index (κ3) is 2.11. The van der Waals surface area contributed by atoms with Gasteiger partial charge in [-0.3, -0.25) is 0 Å². The van der Waals surface area contributed by atoms with Gasteiger partial charge in [-0.05, 0) is 25.3 Å². The van der Waals surface area contributed by atoms with Crippen molar-refractivity contribution < 1.29 is 9.84 Å². The van der Waals surface area contributed by atoms with Gasteiger partial charge in [-0.25, -0.2) is 0 Å². The van der Waals surface area contributed by atoms with Crippen LogP contribution in [0.1, 0.15) is 57.4 Å². The first-order valence-electron chi connectivity index (χ1n) is 7.65. The van der Waals surface area contributed by atoms with E-state index in [2.05, 4.69) is 19.1 Å². The molecule has 104 valence electrons. The van der Waals surface area contributed by atoms with Gasteiger partial charge in [0.1, 0.15) is 11.2 Å². The smallest absolute Gasteiger partial charge is 0.148 e. The summed E-state index contributed by atoms with van der Waals surface area (Å²) in [5.41, 5.74) is 0.00495. The number of epoxide rings is 1. The van der Waals surface area contributed by atoms with Crippen molar-refractivity contribution in [2.75, 3.05) is 0 Å². The quantitative estimate of drug-likeness (QED) is 0.821. The number of rotatable bonds is 2. The molecule has 2 fully saturated rings. The van der Waals surface area contributed by atoms with E-state index >= 15 is 0 Å². The summed E-state index contributed by atoms with van der Waals surface area (Å²) in [4.78, 5) is 0. The molecule has 3 rings (SSSR count). The van der Waals surface area contributed by atoms with Crippen LogP contribution >= 0.6 is 0 Å². The largest absolute Gasteiger partial charge is 0.386 e. The maximum atomic E-state index is 11.3. The maximum Gasteiger partial charge on any atom is 0.148 e. The summed E-state index contributed by atoms with van der Waals surface area (Å²) in [6.07, 6.45) is 7.87. The Bertz CT molecular complexity index is 420. The molecule has 1 aliphatic heterocycles. The minimum atomic E-state index is -0.686. The van der Waals surface area contributed by atoms with E-state index in [0.29, 0.717) is 0 Å². The predicted molar refractivity (Wildman–Crippen MR) is 75.9 cm³/mol. The van der Waals surface area contributed by atoms with Gasteiger partial charge in [-0.15, -0.1) is 0 Å². The fourth-order valence-corrected chi connectivity index (χ4v) is 3.85. The van der Waals surface area contributed by atoms with Crippen LogP contribution in [0.4, 0.5) is 0 Å². The predicted octanol–water partition coefficient (Wildman–Crippen LogP) is 3.78. The first-order valence-corrected chi connectivity index (χ1v) is 7.65. The van der Waals surface area contributed by atoms with Crippen LogP contribution in [0.25, 0.3) is 0 Å². The standard InChI is InChI=1S/C17H24O2/c1-14-17(19-14,15-10-6-5-7-11-15)16(18)12-8-3-2-4-9-13-16/h5-7,10-11,14,18H,2-4,8-9,12-13H2,1H3/t14-,17+/m0/s1. The first-order chi connectivity index (χ1) is 9.19. The molecule has 19 heavy (non-hydrogen) atoms. The van der Waals surface area contributed by atoms with E-state index in [1.807, 2.05) is 18.2 Å². The van der Waals surface area contributed by atoms with E-state index < -0.39 is 11.2 Å². The minimum absolute atomic E-state index is 0.124. The summed E-state index contributed by atoms with van der Waals surface area (Å²) in [7, 11) is 0. The number of aliphatic hydroxyl groups is 1. The van der Waals surface area contributed by atoms with Gasteiger partial charge in [-0.1, -0.05) is 62.4 Å². The summed E-state index contributed by atoms with van der Waals surface area (Å²) in [6, 6.07) is 10.3. The first kappa shape index (κ1) is 13.1. The Morgan fingerprint density at radius 2 is 1.53 bits per heavy atom. The average molecular weight is 260 g/mol. The van der Waals surface area contributed by atoms with Crippen molar-refractivity contribution in [3.63, 3.8) is 0 Å². The second-order valence-corrected chi connectivity index (χ2v) is 6.16. The average Bonchev–Trinajstić information content (AvgIpc) is 3.09. The molecular formula is C17H24O2. The van der Waals surface area contributed by atoms with Crippen molar-refractivity contribution in [2.45, 2.75) is 69.2 Å². The highest BCUT2D eigenvalue weighted by Crippen LogP contribution is 2.57. The molecule has 1 aliphatic carbocycles. The monoisotopic (exact) mass is 260 g/mol. The molecule has 2 atom stereocenters. The lowest BCUT2D eigenvalue weighted by Crippen LogP contribution is -2.45. The van der Waals surface area contributed by atoms with Crippen LogP contribution < -0.4 is 0 Å². The molecule has 1 aromatic rings. The number of hydrogen-bond donors (Lipinski definition) is 1. The van der Waals surface area contributed by atoms with Crippen molar-refractivity contribution in [1.29, 1.82) is 0 Å². The fourth-order valence-electron chi connectivity index (χ4n) is 3.85. The summed E-state index contributed by atoms with van der Waals surface area (Å²) in [6.45, 7) is 2.09. The third-order valence-electron chi connectivity index (χ3n) is 4.95. The molecule has 1 saturated heterocycles. The second-order valence-electron chi connectivity index (χ2n) is 6.16. The molecule has 0 aromatic heterocycles. The van der Waals surface area contributed by atoms with Gasteiger partial charge in [0.25, 0.3) is 0 Å². The van der Waals surface area contributed by atoms with E-state index in [4.69, 9.17) is 4.74 Å². The molecule has 2 aliphatic rings. The second kappa shape index (κ2) is 4.92. The van der Waals surface area contributed by atoms with Gasteiger partial charge in [0.05, 0.1) is 6.10 Å². The van der Waals surface area contributed by atoms with Crippen molar-refractivity contribution in [3.8, 4) is 0 Å². The van der Waals surface area contributed by atoms with E-state index in [-0.39, 0.29) is 6.10 Å². The Morgan fingerprint density at radius 1 is 1.00 bits per heavy atom.